The lowest BCUT2D eigenvalue weighted by atomic mass is 9.67. The van der Waals surface area contributed by atoms with Crippen molar-refractivity contribution < 1.29 is 0 Å². The Bertz CT molecular complexity index is 3710. The second kappa shape index (κ2) is 15.8. The van der Waals surface area contributed by atoms with Crippen LogP contribution in [0.25, 0.3) is 71.6 Å². The van der Waals surface area contributed by atoms with E-state index in [2.05, 4.69) is 276 Å². The lowest BCUT2D eigenvalue weighted by molar-refractivity contribution is 0.768. The van der Waals surface area contributed by atoms with Gasteiger partial charge in [0, 0.05) is 33.1 Å². The first-order valence-corrected chi connectivity index (χ1v) is 23.2. The summed E-state index contributed by atoms with van der Waals surface area (Å²) in [5, 5.41) is 4.92. The van der Waals surface area contributed by atoms with Crippen molar-refractivity contribution in [1.82, 2.24) is 4.57 Å². The molecule has 0 saturated carbocycles. The molecule has 0 spiro atoms. The quantitative estimate of drug-likeness (QED) is 0.148. The van der Waals surface area contributed by atoms with Crippen LogP contribution in [0.2, 0.25) is 0 Å². The molecule has 67 heavy (non-hydrogen) atoms. The van der Waals surface area contributed by atoms with Crippen LogP contribution in [0.5, 0.6) is 0 Å². The largest absolute Gasteiger partial charge is 0.310 e. The van der Waals surface area contributed by atoms with Crippen LogP contribution in [-0.2, 0) is 5.41 Å². The van der Waals surface area contributed by atoms with Crippen molar-refractivity contribution in [2.24, 2.45) is 0 Å². The predicted molar refractivity (Wildman–Crippen MR) is 281 cm³/mol. The molecule has 314 valence electrons. The Morgan fingerprint density at radius 2 is 0.851 bits per heavy atom. The zero-order chi connectivity index (χ0) is 44.3. The highest BCUT2D eigenvalue weighted by Crippen LogP contribution is 2.57. The van der Waals surface area contributed by atoms with Crippen LogP contribution in [0.4, 0.5) is 17.1 Å². The summed E-state index contributed by atoms with van der Waals surface area (Å²) in [6, 6.07) is 98.0. The summed E-state index contributed by atoms with van der Waals surface area (Å²) in [5.74, 6) is 0. The molecular formula is C65H44N2. The highest BCUT2D eigenvalue weighted by Gasteiger charge is 2.46. The molecule has 0 amide bonds. The molecule has 0 saturated heterocycles. The normalized spacial score (nSPS) is 12.6. The minimum absolute atomic E-state index is 0.510. The van der Waals surface area contributed by atoms with Gasteiger partial charge in [-0.3, -0.25) is 0 Å². The van der Waals surface area contributed by atoms with Gasteiger partial charge in [-0.25, -0.2) is 0 Å². The van der Waals surface area contributed by atoms with Crippen molar-refractivity contribution in [3.8, 4) is 39.1 Å². The topological polar surface area (TPSA) is 8.17 Å². The van der Waals surface area contributed by atoms with Crippen LogP contribution in [0, 0.1) is 0 Å². The Kier molecular flexibility index (Phi) is 9.11. The number of anilines is 3. The van der Waals surface area contributed by atoms with E-state index in [1.165, 1.54) is 88.3 Å². The number of aromatic nitrogens is 1. The molecule has 13 rings (SSSR count). The van der Waals surface area contributed by atoms with E-state index in [-0.39, 0.29) is 0 Å². The van der Waals surface area contributed by atoms with E-state index < -0.39 is 5.41 Å². The zero-order valence-corrected chi connectivity index (χ0v) is 36.8. The Hall–Kier alpha value is -8.72. The molecule has 1 aliphatic carbocycles. The van der Waals surface area contributed by atoms with E-state index in [1.807, 2.05) is 0 Å². The van der Waals surface area contributed by atoms with Crippen LogP contribution in [-0.4, -0.2) is 4.57 Å². The number of nitrogens with zero attached hydrogens (tertiary/aromatic N) is 2. The standard InChI is InChI=1S/C65H44N2/c1-3-23-49(24-4-1)65(50-25-5-2-6-26-50)59-32-13-9-29-55(59)56-42-41-52(44-60(56)65)66(61-36-18-20-46-19-7-8-27-53(46)61)51-39-37-45(38-40-51)47-21-17-22-48(43-47)54-28-10-14-33-62(54)67-63-34-15-11-30-57(63)58-31-12-16-35-64(58)67/h1-44H. The minimum Gasteiger partial charge on any atom is -0.310 e. The van der Waals surface area contributed by atoms with Gasteiger partial charge in [-0.2, -0.15) is 0 Å². The summed E-state index contributed by atoms with van der Waals surface area (Å²) in [6.07, 6.45) is 0. The molecule has 1 heterocycles. The van der Waals surface area contributed by atoms with Crippen LogP contribution in [0.1, 0.15) is 22.3 Å². The first-order valence-electron chi connectivity index (χ1n) is 23.2. The number of benzene rings is 11. The zero-order valence-electron chi connectivity index (χ0n) is 36.8. The highest BCUT2D eigenvalue weighted by atomic mass is 15.1. The van der Waals surface area contributed by atoms with E-state index in [0.29, 0.717) is 0 Å². The fraction of sp³-hybridized carbons (Fsp3) is 0.0154. The van der Waals surface area contributed by atoms with Crippen LogP contribution in [0.15, 0.2) is 267 Å². The Morgan fingerprint density at radius 1 is 0.313 bits per heavy atom. The summed E-state index contributed by atoms with van der Waals surface area (Å²) in [4.78, 5) is 2.45. The minimum atomic E-state index is -0.510. The van der Waals surface area contributed by atoms with E-state index in [0.717, 1.165) is 22.6 Å². The number of para-hydroxylation sites is 3. The molecule has 0 bridgehead atoms. The lowest BCUT2D eigenvalue weighted by Gasteiger charge is -2.35. The summed E-state index contributed by atoms with van der Waals surface area (Å²) < 4.78 is 2.42. The summed E-state index contributed by atoms with van der Waals surface area (Å²) in [5.41, 5.74) is 18.7. The molecule has 0 N–H and O–H groups in total. The Morgan fingerprint density at radius 3 is 1.58 bits per heavy atom. The predicted octanol–water partition coefficient (Wildman–Crippen LogP) is 17.1. The second-order valence-corrected chi connectivity index (χ2v) is 17.6. The number of hydrogen-bond acceptors (Lipinski definition) is 1. The molecule has 1 aliphatic rings. The highest BCUT2D eigenvalue weighted by molar-refractivity contribution is 6.10. The van der Waals surface area contributed by atoms with Gasteiger partial charge < -0.3 is 9.47 Å². The first kappa shape index (κ1) is 38.7. The molecule has 0 aliphatic heterocycles. The van der Waals surface area contributed by atoms with Crippen molar-refractivity contribution in [3.05, 3.63) is 289 Å². The molecule has 0 radical (unpaired) electrons. The van der Waals surface area contributed by atoms with E-state index in [9.17, 15) is 0 Å². The van der Waals surface area contributed by atoms with Crippen LogP contribution >= 0.6 is 0 Å². The van der Waals surface area contributed by atoms with Gasteiger partial charge in [-0.1, -0.05) is 212 Å². The van der Waals surface area contributed by atoms with Gasteiger partial charge >= 0.3 is 0 Å². The average molecular weight is 853 g/mol. The van der Waals surface area contributed by atoms with E-state index in [1.54, 1.807) is 0 Å². The summed E-state index contributed by atoms with van der Waals surface area (Å²) >= 11 is 0. The van der Waals surface area contributed by atoms with Crippen molar-refractivity contribution in [2.75, 3.05) is 4.90 Å². The van der Waals surface area contributed by atoms with Crippen molar-refractivity contribution >= 4 is 49.6 Å². The fourth-order valence-corrected chi connectivity index (χ4v) is 11.2. The number of fused-ring (bicyclic) bond motifs is 7. The maximum atomic E-state index is 2.46. The van der Waals surface area contributed by atoms with Gasteiger partial charge in [0.1, 0.15) is 0 Å². The van der Waals surface area contributed by atoms with Gasteiger partial charge in [-0.15, -0.1) is 0 Å². The van der Waals surface area contributed by atoms with Crippen molar-refractivity contribution in [1.29, 1.82) is 0 Å². The lowest BCUT2D eigenvalue weighted by Crippen LogP contribution is -2.28. The maximum Gasteiger partial charge on any atom is 0.0714 e. The second-order valence-electron chi connectivity index (χ2n) is 17.6. The fourth-order valence-electron chi connectivity index (χ4n) is 11.2. The van der Waals surface area contributed by atoms with Crippen LogP contribution < -0.4 is 4.90 Å². The molecule has 0 fully saturated rings. The van der Waals surface area contributed by atoms with Gasteiger partial charge in [0.15, 0.2) is 0 Å². The smallest absolute Gasteiger partial charge is 0.0714 e. The molecule has 2 heteroatoms. The van der Waals surface area contributed by atoms with Crippen LogP contribution in [0.3, 0.4) is 0 Å². The summed E-state index contributed by atoms with van der Waals surface area (Å²) in [6.45, 7) is 0. The number of hydrogen-bond donors (Lipinski definition) is 0. The molecular weight excluding hydrogens is 809 g/mol. The third-order valence-corrected chi connectivity index (χ3v) is 14.1. The summed E-state index contributed by atoms with van der Waals surface area (Å²) in [7, 11) is 0. The third-order valence-electron chi connectivity index (χ3n) is 14.1. The van der Waals surface area contributed by atoms with Crippen molar-refractivity contribution in [3.63, 3.8) is 0 Å². The van der Waals surface area contributed by atoms with E-state index in [4.69, 9.17) is 0 Å². The van der Waals surface area contributed by atoms with E-state index >= 15 is 0 Å². The molecule has 0 unspecified atom stereocenters. The van der Waals surface area contributed by atoms with Gasteiger partial charge in [0.2, 0.25) is 0 Å². The van der Waals surface area contributed by atoms with Gasteiger partial charge in [0.25, 0.3) is 0 Å². The third kappa shape index (κ3) is 6.11. The Balaban J connectivity index is 0.952. The number of rotatable bonds is 8. The maximum absolute atomic E-state index is 2.46. The molecule has 0 atom stereocenters. The monoisotopic (exact) mass is 852 g/mol. The molecule has 1 aromatic heterocycles. The SMILES string of the molecule is c1ccc(C2(c3ccccc3)c3ccccc3-c3ccc(N(c4ccc(-c5cccc(-c6ccccc6-n6c7ccccc7c7ccccc76)c5)cc4)c4cccc5ccccc45)cc32)cc1. The molecule has 12 aromatic rings. The van der Waals surface area contributed by atoms with Gasteiger partial charge in [-0.05, 0) is 110 Å². The Labute approximate surface area is 390 Å². The average Bonchev–Trinajstić information content (AvgIpc) is 3.90. The molecule has 11 aromatic carbocycles. The van der Waals surface area contributed by atoms with Crippen molar-refractivity contribution in [2.45, 2.75) is 5.41 Å². The first-order chi connectivity index (χ1) is 33.3. The van der Waals surface area contributed by atoms with Gasteiger partial charge in [0.05, 0.1) is 27.8 Å². The molecule has 2 nitrogen and oxygen atoms in total.